The maximum atomic E-state index is 12.8. The first kappa shape index (κ1) is 15.4. The van der Waals surface area contributed by atoms with Crippen LogP contribution in [0.2, 0.25) is 0 Å². The van der Waals surface area contributed by atoms with E-state index in [0.29, 0.717) is 6.07 Å². The Labute approximate surface area is 114 Å². The van der Waals surface area contributed by atoms with E-state index >= 15 is 0 Å². The van der Waals surface area contributed by atoms with Crippen LogP contribution in [0.15, 0.2) is 30.6 Å². The Kier molecular flexibility index (Phi) is 3.28. The third kappa shape index (κ3) is 2.17. The lowest BCUT2D eigenvalue weighted by molar-refractivity contribution is -0.375. The van der Waals surface area contributed by atoms with E-state index in [9.17, 15) is 31.4 Å². The molecule has 1 aromatic heterocycles. The molecule has 0 aliphatic heterocycles. The minimum absolute atomic E-state index is 0.0607. The van der Waals surface area contributed by atoms with Gasteiger partial charge in [0.25, 0.3) is 5.60 Å². The zero-order chi connectivity index (χ0) is 16.1. The number of aromatic nitrogens is 1. The van der Waals surface area contributed by atoms with Gasteiger partial charge in [-0.1, -0.05) is 12.1 Å². The number of nitrogen functional groups attached to an aromatic ring is 1. The number of halogens is 6. The van der Waals surface area contributed by atoms with E-state index < -0.39 is 29.2 Å². The maximum absolute atomic E-state index is 12.8. The van der Waals surface area contributed by atoms with Gasteiger partial charge in [-0.3, -0.25) is 4.98 Å². The molecule has 0 aliphatic rings. The molecule has 0 fully saturated rings. The van der Waals surface area contributed by atoms with Crippen LogP contribution in [0.1, 0.15) is 5.56 Å². The van der Waals surface area contributed by atoms with Crippen LogP contribution < -0.4 is 5.73 Å². The van der Waals surface area contributed by atoms with E-state index in [1.54, 1.807) is 0 Å². The van der Waals surface area contributed by atoms with Crippen molar-refractivity contribution in [2.24, 2.45) is 0 Å². The van der Waals surface area contributed by atoms with Gasteiger partial charge in [-0.15, -0.1) is 0 Å². The molecule has 0 amide bonds. The number of anilines is 1. The van der Waals surface area contributed by atoms with Crippen molar-refractivity contribution in [1.82, 2.24) is 4.98 Å². The fraction of sp³-hybridized carbons (Fsp3) is 0.250. The molecule has 0 unspecified atom stereocenters. The minimum Gasteiger partial charge on any atom is -0.398 e. The Bertz CT molecular complexity index is 665. The summed E-state index contributed by atoms with van der Waals surface area (Å²) in [5.41, 5.74) is -1.89. The Balaban J connectivity index is 2.82. The number of rotatable bonds is 1. The topological polar surface area (TPSA) is 59.1 Å². The number of nitrogens with zero attached hydrogens (tertiary/aromatic N) is 1. The van der Waals surface area contributed by atoms with Crippen molar-refractivity contribution in [3.8, 4) is 0 Å². The second-order valence-electron chi connectivity index (χ2n) is 4.33. The Hall–Kier alpha value is -2.03. The average Bonchev–Trinajstić information content (AvgIpc) is 2.36. The van der Waals surface area contributed by atoms with Gasteiger partial charge in [0.2, 0.25) is 0 Å². The number of alkyl halides is 6. The lowest BCUT2D eigenvalue weighted by Crippen LogP contribution is -2.54. The largest absolute Gasteiger partial charge is 0.430 e. The number of pyridine rings is 1. The standard InChI is InChI=1S/C12H8F6N2O/c13-11(14,15)10(21,12(16,17)18)8-2-1-6-5-20-4-3-7(6)9(8)19/h1-5,21H,19H2. The summed E-state index contributed by atoms with van der Waals surface area (Å²) in [5, 5.41) is 9.54. The zero-order valence-electron chi connectivity index (χ0n) is 10.1. The van der Waals surface area contributed by atoms with E-state index in [0.717, 1.165) is 6.07 Å². The van der Waals surface area contributed by atoms with Crippen LogP contribution in [0.25, 0.3) is 10.8 Å². The van der Waals surface area contributed by atoms with Crippen molar-refractivity contribution in [2.45, 2.75) is 18.0 Å². The number of nitrogens with two attached hydrogens (primary N) is 1. The SMILES string of the molecule is Nc1c(C(O)(C(F)(F)F)C(F)(F)F)ccc2cnccc12. The number of hydrogen-bond donors (Lipinski definition) is 2. The summed E-state index contributed by atoms with van der Waals surface area (Å²) in [5.74, 6) is 0. The summed E-state index contributed by atoms with van der Waals surface area (Å²) in [6.45, 7) is 0. The molecule has 0 atom stereocenters. The van der Waals surface area contributed by atoms with Gasteiger partial charge in [0.05, 0.1) is 0 Å². The Morgan fingerprint density at radius 1 is 0.952 bits per heavy atom. The van der Waals surface area contributed by atoms with Gasteiger partial charge in [0.1, 0.15) is 0 Å². The van der Waals surface area contributed by atoms with Crippen LogP contribution in [0.3, 0.4) is 0 Å². The summed E-state index contributed by atoms with van der Waals surface area (Å²) in [7, 11) is 0. The third-order valence-corrected chi connectivity index (χ3v) is 3.07. The van der Waals surface area contributed by atoms with E-state index in [2.05, 4.69) is 4.98 Å². The van der Waals surface area contributed by atoms with Gasteiger partial charge in [-0.05, 0) is 6.07 Å². The molecule has 114 valence electrons. The quantitative estimate of drug-likeness (QED) is 0.628. The third-order valence-electron chi connectivity index (χ3n) is 3.07. The highest BCUT2D eigenvalue weighted by atomic mass is 19.4. The van der Waals surface area contributed by atoms with Crippen LogP contribution in [-0.2, 0) is 5.60 Å². The molecule has 0 saturated carbocycles. The van der Waals surface area contributed by atoms with Crippen LogP contribution >= 0.6 is 0 Å². The summed E-state index contributed by atoms with van der Waals surface area (Å²) in [6, 6.07) is 2.65. The predicted octanol–water partition coefficient (Wildman–Crippen LogP) is 3.13. The molecular weight excluding hydrogens is 302 g/mol. The first-order valence-corrected chi connectivity index (χ1v) is 5.48. The number of hydrogen-bond acceptors (Lipinski definition) is 3. The highest BCUT2D eigenvalue weighted by Gasteiger charge is 2.72. The van der Waals surface area contributed by atoms with E-state index in [4.69, 9.17) is 5.73 Å². The van der Waals surface area contributed by atoms with E-state index in [1.165, 1.54) is 18.5 Å². The van der Waals surface area contributed by atoms with Crippen molar-refractivity contribution in [3.05, 3.63) is 36.2 Å². The van der Waals surface area contributed by atoms with Crippen molar-refractivity contribution in [2.75, 3.05) is 5.73 Å². The monoisotopic (exact) mass is 310 g/mol. The molecule has 1 heterocycles. The van der Waals surface area contributed by atoms with Gasteiger partial charge in [-0.2, -0.15) is 26.3 Å². The van der Waals surface area contributed by atoms with Gasteiger partial charge in [0.15, 0.2) is 0 Å². The zero-order valence-corrected chi connectivity index (χ0v) is 10.1. The average molecular weight is 310 g/mol. The molecule has 21 heavy (non-hydrogen) atoms. The summed E-state index contributed by atoms with van der Waals surface area (Å²) in [6.07, 6.45) is -9.54. The Morgan fingerprint density at radius 2 is 1.52 bits per heavy atom. The smallest absolute Gasteiger partial charge is 0.398 e. The summed E-state index contributed by atoms with van der Waals surface area (Å²) in [4.78, 5) is 3.68. The van der Waals surface area contributed by atoms with E-state index in [1.807, 2.05) is 0 Å². The van der Waals surface area contributed by atoms with Crippen molar-refractivity contribution in [3.63, 3.8) is 0 Å². The molecule has 1 aromatic carbocycles. The molecule has 2 rings (SSSR count). The van der Waals surface area contributed by atoms with Gasteiger partial charge < -0.3 is 10.8 Å². The van der Waals surface area contributed by atoms with Crippen LogP contribution in [0, 0.1) is 0 Å². The molecule has 2 aromatic rings. The fourth-order valence-corrected chi connectivity index (χ4v) is 1.97. The summed E-state index contributed by atoms with van der Waals surface area (Å²) < 4.78 is 77.0. The van der Waals surface area contributed by atoms with Crippen molar-refractivity contribution < 1.29 is 31.4 Å². The normalized spacial score (nSPS) is 13.7. The summed E-state index contributed by atoms with van der Waals surface area (Å²) >= 11 is 0. The van der Waals surface area contributed by atoms with Gasteiger partial charge >= 0.3 is 12.4 Å². The molecule has 3 N–H and O–H groups in total. The van der Waals surface area contributed by atoms with Crippen LogP contribution in [0.4, 0.5) is 32.0 Å². The molecular formula is C12H8F6N2O. The molecule has 9 heteroatoms. The van der Waals surface area contributed by atoms with Crippen molar-refractivity contribution in [1.29, 1.82) is 0 Å². The first-order chi connectivity index (χ1) is 9.50. The fourth-order valence-electron chi connectivity index (χ4n) is 1.97. The molecule has 0 saturated heterocycles. The van der Waals surface area contributed by atoms with Crippen LogP contribution in [-0.4, -0.2) is 22.4 Å². The number of benzene rings is 1. The van der Waals surface area contributed by atoms with Crippen LogP contribution in [0.5, 0.6) is 0 Å². The lowest BCUT2D eigenvalue weighted by Gasteiger charge is -2.33. The maximum Gasteiger partial charge on any atom is 0.430 e. The highest BCUT2D eigenvalue weighted by Crippen LogP contribution is 2.52. The molecule has 0 radical (unpaired) electrons. The number of fused-ring (bicyclic) bond motifs is 1. The second kappa shape index (κ2) is 4.48. The Morgan fingerprint density at radius 3 is 2.05 bits per heavy atom. The lowest BCUT2D eigenvalue weighted by atomic mass is 9.89. The molecule has 0 bridgehead atoms. The second-order valence-corrected chi connectivity index (χ2v) is 4.33. The predicted molar refractivity (Wildman–Crippen MR) is 62.2 cm³/mol. The first-order valence-electron chi connectivity index (χ1n) is 5.48. The molecule has 0 aliphatic carbocycles. The molecule has 0 spiro atoms. The highest BCUT2D eigenvalue weighted by molar-refractivity contribution is 5.94. The minimum atomic E-state index is -5.97. The molecule has 3 nitrogen and oxygen atoms in total. The van der Waals surface area contributed by atoms with Gasteiger partial charge in [-0.25, -0.2) is 0 Å². The van der Waals surface area contributed by atoms with E-state index in [-0.39, 0.29) is 10.8 Å². The van der Waals surface area contributed by atoms with Gasteiger partial charge in [0, 0.05) is 34.4 Å². The van der Waals surface area contributed by atoms with Crippen molar-refractivity contribution >= 4 is 16.5 Å². The number of aliphatic hydroxyl groups is 1.